The molecule has 1 fully saturated rings. The Bertz CT molecular complexity index is 871. The molecule has 0 aromatic heterocycles. The van der Waals surface area contributed by atoms with Crippen LogP contribution in [-0.4, -0.2) is 18.2 Å². The van der Waals surface area contributed by atoms with Gasteiger partial charge in [-0.1, -0.05) is 55.1 Å². The van der Waals surface area contributed by atoms with Crippen LogP contribution in [0.25, 0.3) is 5.57 Å². The summed E-state index contributed by atoms with van der Waals surface area (Å²) >= 11 is 0. The number of hydrogen-bond donors (Lipinski definition) is 1. The van der Waals surface area contributed by atoms with Crippen LogP contribution in [0.5, 0.6) is 5.75 Å². The summed E-state index contributed by atoms with van der Waals surface area (Å²) in [6, 6.07) is 17.2. The molecule has 0 spiro atoms. The Morgan fingerprint density at radius 1 is 1.08 bits per heavy atom. The number of carbonyl (C=O) groups excluding carboxylic acids is 1. The van der Waals surface area contributed by atoms with Crippen molar-refractivity contribution in [3.63, 3.8) is 0 Å². The van der Waals surface area contributed by atoms with Gasteiger partial charge >= 0.3 is 5.97 Å². The van der Waals surface area contributed by atoms with Gasteiger partial charge in [-0.3, -0.25) is 4.79 Å². The van der Waals surface area contributed by atoms with Gasteiger partial charge in [0.15, 0.2) is 0 Å². The van der Waals surface area contributed by atoms with Crippen LogP contribution in [0.15, 0.2) is 84.0 Å². The largest absolute Gasteiger partial charge is 0.508 e. The van der Waals surface area contributed by atoms with Crippen molar-refractivity contribution >= 4 is 11.5 Å². The minimum atomic E-state index is -0.228. The highest BCUT2D eigenvalue weighted by Gasteiger charge is 2.20. The lowest BCUT2D eigenvalue weighted by Crippen LogP contribution is -2.02. The third-order valence-corrected chi connectivity index (χ3v) is 4.45. The highest BCUT2D eigenvalue weighted by molar-refractivity contribution is 5.85. The number of rotatable bonds is 6. The highest BCUT2D eigenvalue weighted by Crippen LogP contribution is 2.39. The third-order valence-electron chi connectivity index (χ3n) is 4.45. The van der Waals surface area contributed by atoms with E-state index in [0.717, 1.165) is 34.3 Å². The lowest BCUT2D eigenvalue weighted by molar-refractivity contribution is -0.140. The van der Waals surface area contributed by atoms with Crippen LogP contribution in [0.4, 0.5) is 0 Å². The molecule has 2 aromatic rings. The zero-order valence-electron chi connectivity index (χ0n) is 14.9. The van der Waals surface area contributed by atoms with Crippen molar-refractivity contribution in [2.45, 2.75) is 19.3 Å². The van der Waals surface area contributed by atoms with Crippen molar-refractivity contribution in [3.05, 3.63) is 95.1 Å². The van der Waals surface area contributed by atoms with Crippen molar-refractivity contribution in [2.75, 3.05) is 7.11 Å². The van der Waals surface area contributed by atoms with Gasteiger partial charge in [-0.05, 0) is 58.4 Å². The average molecular weight is 346 g/mol. The Kier molecular flexibility index (Phi) is 5.37. The van der Waals surface area contributed by atoms with E-state index in [1.165, 1.54) is 12.7 Å². The number of benzene rings is 2. The van der Waals surface area contributed by atoms with Gasteiger partial charge in [-0.25, -0.2) is 0 Å². The van der Waals surface area contributed by atoms with Crippen LogP contribution < -0.4 is 0 Å². The number of aromatic hydroxyl groups is 1. The first-order valence-electron chi connectivity index (χ1n) is 8.62. The molecule has 0 bridgehead atoms. The van der Waals surface area contributed by atoms with E-state index in [1.54, 1.807) is 12.1 Å². The van der Waals surface area contributed by atoms with E-state index >= 15 is 0 Å². The molecule has 1 saturated carbocycles. The number of esters is 1. The molecule has 0 unspecified atom stereocenters. The quantitative estimate of drug-likeness (QED) is 0.746. The van der Waals surface area contributed by atoms with Crippen molar-refractivity contribution in [1.82, 2.24) is 0 Å². The molecular formula is C23H22O3. The summed E-state index contributed by atoms with van der Waals surface area (Å²) in [5.74, 6) is -0.000149. The fourth-order valence-electron chi connectivity index (χ4n) is 2.93. The van der Waals surface area contributed by atoms with Gasteiger partial charge in [0.2, 0.25) is 0 Å². The summed E-state index contributed by atoms with van der Waals surface area (Å²) in [7, 11) is 1.41. The molecule has 0 aliphatic heterocycles. The Hall–Kier alpha value is -3.07. The van der Waals surface area contributed by atoms with Gasteiger partial charge in [-0.15, -0.1) is 0 Å². The summed E-state index contributed by atoms with van der Waals surface area (Å²) in [4.78, 5) is 11.7. The second kappa shape index (κ2) is 7.87. The number of ether oxygens (including phenoxy) is 1. The fraction of sp³-hybridized carbons (Fsp3) is 0.174. The monoisotopic (exact) mass is 346 g/mol. The van der Waals surface area contributed by atoms with E-state index in [0.29, 0.717) is 12.8 Å². The standard InChI is InChI=1S/C23H22O3/c1-16-14-20(16)15-19(10-13-22(25)26-2)23(17-6-4-3-5-7-17)18-8-11-21(24)12-9-18/h3-9,11-12,15,24H,1,10,13-14H2,2H3/b20-15+,23-19-. The van der Waals surface area contributed by atoms with E-state index in [1.807, 2.05) is 30.3 Å². The SMILES string of the molecule is C=C1C/C1=C\C(CCC(=O)OC)=C(\c1ccccc1)c1ccc(O)cc1. The molecule has 2 aromatic carbocycles. The molecule has 3 nitrogen and oxygen atoms in total. The van der Waals surface area contributed by atoms with Crippen LogP contribution >= 0.6 is 0 Å². The summed E-state index contributed by atoms with van der Waals surface area (Å²) in [5, 5.41) is 9.65. The molecule has 0 amide bonds. The normalized spacial score (nSPS) is 15.6. The first-order chi connectivity index (χ1) is 12.6. The maximum absolute atomic E-state index is 11.7. The Morgan fingerprint density at radius 3 is 2.27 bits per heavy atom. The van der Waals surface area contributed by atoms with E-state index in [2.05, 4.69) is 24.8 Å². The third kappa shape index (κ3) is 4.31. The van der Waals surface area contributed by atoms with Crippen molar-refractivity contribution in [2.24, 2.45) is 0 Å². The maximum atomic E-state index is 11.7. The minimum absolute atomic E-state index is 0.228. The van der Waals surface area contributed by atoms with Crippen molar-refractivity contribution < 1.29 is 14.6 Å². The lowest BCUT2D eigenvalue weighted by atomic mass is 9.90. The number of hydrogen-bond acceptors (Lipinski definition) is 3. The van der Waals surface area contributed by atoms with Gasteiger partial charge < -0.3 is 9.84 Å². The van der Waals surface area contributed by atoms with Crippen LogP contribution in [-0.2, 0) is 9.53 Å². The second-order valence-corrected chi connectivity index (χ2v) is 6.34. The predicted octanol–water partition coefficient (Wildman–Crippen LogP) is 5.03. The predicted molar refractivity (Wildman–Crippen MR) is 104 cm³/mol. The van der Waals surface area contributed by atoms with E-state index in [9.17, 15) is 9.90 Å². The van der Waals surface area contributed by atoms with Gasteiger partial charge in [0, 0.05) is 6.42 Å². The zero-order chi connectivity index (χ0) is 18.5. The number of methoxy groups -OCH3 is 1. The van der Waals surface area contributed by atoms with Crippen LogP contribution in [0.2, 0.25) is 0 Å². The zero-order valence-corrected chi connectivity index (χ0v) is 14.9. The number of phenols is 1. The molecule has 132 valence electrons. The van der Waals surface area contributed by atoms with Gasteiger partial charge in [0.25, 0.3) is 0 Å². The van der Waals surface area contributed by atoms with E-state index < -0.39 is 0 Å². The number of allylic oxidation sites excluding steroid dienone is 4. The second-order valence-electron chi connectivity index (χ2n) is 6.34. The molecule has 3 rings (SSSR count). The first-order valence-corrected chi connectivity index (χ1v) is 8.62. The Labute approximate surface area is 153 Å². The van der Waals surface area contributed by atoms with Gasteiger partial charge in [-0.2, -0.15) is 0 Å². The summed E-state index contributed by atoms with van der Waals surface area (Å²) in [6.45, 7) is 4.01. The number of carbonyl (C=O) groups is 1. The van der Waals surface area contributed by atoms with Crippen molar-refractivity contribution in [1.29, 1.82) is 0 Å². The van der Waals surface area contributed by atoms with Crippen LogP contribution in [0.1, 0.15) is 30.4 Å². The topological polar surface area (TPSA) is 46.5 Å². The minimum Gasteiger partial charge on any atom is -0.508 e. The molecule has 3 heteroatoms. The maximum Gasteiger partial charge on any atom is 0.305 e. The molecular weight excluding hydrogens is 324 g/mol. The van der Waals surface area contributed by atoms with Gasteiger partial charge in [0.1, 0.15) is 5.75 Å². The van der Waals surface area contributed by atoms with Crippen molar-refractivity contribution in [3.8, 4) is 5.75 Å². The van der Waals surface area contributed by atoms with Crippen LogP contribution in [0, 0.1) is 0 Å². The molecule has 1 aliphatic carbocycles. The summed E-state index contributed by atoms with van der Waals surface area (Å²) in [5.41, 5.74) is 6.55. The van der Waals surface area contributed by atoms with Crippen LogP contribution in [0.3, 0.4) is 0 Å². The number of phenolic OH excluding ortho intramolecular Hbond substituents is 1. The molecule has 1 N–H and O–H groups in total. The molecule has 0 radical (unpaired) electrons. The van der Waals surface area contributed by atoms with Gasteiger partial charge in [0.05, 0.1) is 7.11 Å². The Morgan fingerprint density at radius 2 is 1.69 bits per heavy atom. The highest BCUT2D eigenvalue weighted by atomic mass is 16.5. The molecule has 26 heavy (non-hydrogen) atoms. The molecule has 0 atom stereocenters. The lowest BCUT2D eigenvalue weighted by Gasteiger charge is -2.14. The summed E-state index contributed by atoms with van der Waals surface area (Å²) in [6.07, 6.45) is 3.95. The Balaban J connectivity index is 2.13. The molecule has 0 saturated heterocycles. The average Bonchev–Trinajstić information content (AvgIpc) is 3.36. The smallest absolute Gasteiger partial charge is 0.305 e. The molecule has 1 aliphatic rings. The van der Waals surface area contributed by atoms with E-state index in [4.69, 9.17) is 4.74 Å². The molecule has 0 heterocycles. The first kappa shape index (κ1) is 17.7. The summed E-state index contributed by atoms with van der Waals surface area (Å²) < 4.78 is 4.82. The van der Waals surface area contributed by atoms with E-state index in [-0.39, 0.29) is 11.7 Å². The fourth-order valence-corrected chi connectivity index (χ4v) is 2.93.